The van der Waals surface area contributed by atoms with E-state index in [2.05, 4.69) is 15.0 Å². The van der Waals surface area contributed by atoms with E-state index in [-0.39, 0.29) is 12.1 Å². The van der Waals surface area contributed by atoms with Gasteiger partial charge in [-0.1, -0.05) is 34.4 Å². The summed E-state index contributed by atoms with van der Waals surface area (Å²) >= 11 is 14.5. The molecule has 3 atom stereocenters. The van der Waals surface area contributed by atoms with E-state index >= 15 is 0 Å². The Balaban J connectivity index is 1.12. The quantitative estimate of drug-likeness (QED) is 0.262. The monoisotopic (exact) mass is 555 g/mol. The average Bonchev–Trinajstić information content (AvgIpc) is 3.23. The third-order valence-corrected chi connectivity index (χ3v) is 9.26. The van der Waals surface area contributed by atoms with Crippen LogP contribution in [0.5, 0.6) is 0 Å². The second-order valence-electron chi connectivity index (χ2n) is 10.1. The summed E-state index contributed by atoms with van der Waals surface area (Å²) in [6.07, 6.45) is 4.16. The predicted octanol–water partition coefficient (Wildman–Crippen LogP) is 7.02. The van der Waals surface area contributed by atoms with E-state index in [4.69, 9.17) is 32.5 Å². The number of carboxylic acid groups (broad SMARTS) is 1. The number of carbonyl (C=O) groups is 1. The molecule has 10 heteroatoms. The molecule has 190 valence electrons. The van der Waals surface area contributed by atoms with Crippen molar-refractivity contribution in [3.63, 3.8) is 0 Å². The number of carboxylic acids is 1. The molecular weight excluding hydrogens is 533 g/mol. The lowest BCUT2D eigenvalue weighted by molar-refractivity contribution is 0.0123. The van der Waals surface area contributed by atoms with Crippen LogP contribution in [0.4, 0.5) is 5.69 Å². The molecule has 7 nitrogen and oxygen atoms in total. The first-order chi connectivity index (χ1) is 18.0. The maximum absolute atomic E-state index is 11.7. The average molecular weight is 556 g/mol. The Bertz CT molecular complexity index is 1510. The number of benzene rings is 2. The lowest BCUT2D eigenvalue weighted by Crippen LogP contribution is -2.38. The fraction of sp³-hybridized carbons (Fsp3) is 0.370. The molecule has 1 N–H and O–H groups in total. The molecule has 3 fully saturated rings. The SMILES string of the molecule is O=C(O)c1cc(N2CC3CC2CC3OCc2c(-c3c(Cl)cccc3Cl)noc2C2CC2)c2ncsc2c1. The Labute approximate surface area is 226 Å². The van der Waals surface area contributed by atoms with Crippen molar-refractivity contribution in [1.29, 1.82) is 0 Å². The predicted molar refractivity (Wildman–Crippen MR) is 143 cm³/mol. The Hall–Kier alpha value is -2.65. The van der Waals surface area contributed by atoms with Crippen molar-refractivity contribution >= 4 is 56.4 Å². The summed E-state index contributed by atoms with van der Waals surface area (Å²) in [5, 5.41) is 15.1. The molecule has 7 rings (SSSR count). The highest BCUT2D eigenvalue weighted by Crippen LogP contribution is 2.48. The molecule has 3 heterocycles. The van der Waals surface area contributed by atoms with Gasteiger partial charge in [-0.25, -0.2) is 9.78 Å². The van der Waals surface area contributed by atoms with Gasteiger partial charge >= 0.3 is 5.97 Å². The van der Waals surface area contributed by atoms with Crippen LogP contribution in [-0.2, 0) is 11.3 Å². The second kappa shape index (κ2) is 8.98. The number of thiazole rings is 1. The zero-order chi connectivity index (χ0) is 25.3. The van der Waals surface area contributed by atoms with E-state index in [0.717, 1.165) is 59.5 Å². The van der Waals surface area contributed by atoms with Gasteiger partial charge in [0, 0.05) is 35.5 Å². The molecule has 2 saturated carbocycles. The van der Waals surface area contributed by atoms with Crippen molar-refractivity contribution in [1.82, 2.24) is 10.1 Å². The van der Waals surface area contributed by atoms with Crippen LogP contribution in [-0.4, -0.2) is 39.9 Å². The van der Waals surface area contributed by atoms with Gasteiger partial charge in [0.25, 0.3) is 0 Å². The minimum absolute atomic E-state index is 0.103. The van der Waals surface area contributed by atoms with Crippen molar-refractivity contribution in [2.24, 2.45) is 5.92 Å². The molecule has 37 heavy (non-hydrogen) atoms. The first-order valence-electron chi connectivity index (χ1n) is 12.4. The number of rotatable bonds is 7. The summed E-state index contributed by atoms with van der Waals surface area (Å²) in [4.78, 5) is 18.6. The van der Waals surface area contributed by atoms with Gasteiger partial charge in [-0.2, -0.15) is 0 Å². The molecular formula is C27H23Cl2N3O4S. The first kappa shape index (κ1) is 23.5. The standard InChI is InChI=1S/C27H23Cl2N3O4S/c28-18-2-1-3-19(29)23(18)24-17(26(36-31-24)13-4-5-13)11-35-21-9-16-6-15(21)10-32(16)20-7-14(27(33)34)8-22-25(20)30-12-37-22/h1-3,7-8,12-13,15-16,21H,4-6,9-11H2,(H,33,34). The minimum Gasteiger partial charge on any atom is -0.478 e. The topological polar surface area (TPSA) is 88.7 Å². The summed E-state index contributed by atoms with van der Waals surface area (Å²) < 4.78 is 13.2. The number of hydrogen-bond donors (Lipinski definition) is 1. The maximum atomic E-state index is 11.7. The van der Waals surface area contributed by atoms with E-state index in [1.165, 1.54) is 11.3 Å². The van der Waals surface area contributed by atoms with Gasteiger partial charge in [-0.3, -0.25) is 0 Å². The zero-order valence-corrected chi connectivity index (χ0v) is 22.0. The molecule has 3 aliphatic rings. The summed E-state index contributed by atoms with van der Waals surface area (Å²) in [6, 6.07) is 9.19. The molecule has 3 unspecified atom stereocenters. The van der Waals surface area contributed by atoms with Crippen LogP contribution in [0.2, 0.25) is 10.0 Å². The normalized spacial score (nSPS) is 22.9. The number of fused-ring (bicyclic) bond motifs is 3. The van der Waals surface area contributed by atoms with Crippen LogP contribution in [0.1, 0.15) is 53.3 Å². The molecule has 2 aromatic carbocycles. The fourth-order valence-corrected chi connectivity index (χ4v) is 7.25. The summed E-state index contributed by atoms with van der Waals surface area (Å²) in [7, 11) is 0. The van der Waals surface area contributed by atoms with Crippen LogP contribution in [0.15, 0.2) is 40.4 Å². The van der Waals surface area contributed by atoms with Crippen LogP contribution in [0, 0.1) is 5.92 Å². The van der Waals surface area contributed by atoms with Gasteiger partial charge in [0.1, 0.15) is 17.0 Å². The van der Waals surface area contributed by atoms with E-state index in [1.54, 1.807) is 17.6 Å². The van der Waals surface area contributed by atoms with E-state index in [1.807, 2.05) is 18.2 Å². The molecule has 4 aromatic rings. The molecule has 0 amide bonds. The van der Waals surface area contributed by atoms with Crippen molar-refractivity contribution in [2.75, 3.05) is 11.4 Å². The van der Waals surface area contributed by atoms with Crippen molar-refractivity contribution in [3.05, 3.63) is 62.8 Å². The maximum Gasteiger partial charge on any atom is 0.335 e. The van der Waals surface area contributed by atoms with Gasteiger partial charge in [0.2, 0.25) is 0 Å². The largest absolute Gasteiger partial charge is 0.478 e. The Morgan fingerprint density at radius 2 is 2.03 bits per heavy atom. The van der Waals surface area contributed by atoms with Crippen molar-refractivity contribution in [2.45, 2.75) is 50.4 Å². The highest BCUT2D eigenvalue weighted by molar-refractivity contribution is 7.16. The Kier molecular flexibility index (Phi) is 5.69. The summed E-state index contributed by atoms with van der Waals surface area (Å²) in [5.41, 5.74) is 6.15. The molecule has 2 aromatic heterocycles. The van der Waals surface area contributed by atoms with Gasteiger partial charge in [0.05, 0.1) is 44.2 Å². The van der Waals surface area contributed by atoms with Crippen LogP contribution in [0.3, 0.4) is 0 Å². The molecule has 0 spiro atoms. The van der Waals surface area contributed by atoms with E-state index < -0.39 is 5.97 Å². The molecule has 1 saturated heterocycles. The van der Waals surface area contributed by atoms with E-state index in [9.17, 15) is 9.90 Å². The Morgan fingerprint density at radius 3 is 2.73 bits per heavy atom. The zero-order valence-electron chi connectivity index (χ0n) is 19.7. The smallest absolute Gasteiger partial charge is 0.335 e. The number of aromatic carboxylic acids is 1. The number of ether oxygens (including phenoxy) is 1. The highest BCUT2D eigenvalue weighted by atomic mass is 35.5. The third kappa shape index (κ3) is 4.02. The molecule has 1 aliphatic heterocycles. The van der Waals surface area contributed by atoms with Crippen molar-refractivity contribution < 1.29 is 19.2 Å². The fourth-order valence-electron chi connectivity index (χ4n) is 5.94. The second-order valence-corrected chi connectivity index (χ2v) is 11.8. The van der Waals surface area contributed by atoms with Gasteiger partial charge in [-0.05, 0) is 49.9 Å². The molecule has 2 aliphatic carbocycles. The number of anilines is 1. The van der Waals surface area contributed by atoms with Gasteiger partial charge in [-0.15, -0.1) is 11.3 Å². The highest BCUT2D eigenvalue weighted by Gasteiger charge is 2.46. The summed E-state index contributed by atoms with van der Waals surface area (Å²) in [6.45, 7) is 1.21. The third-order valence-electron chi connectivity index (χ3n) is 7.86. The van der Waals surface area contributed by atoms with Crippen LogP contribution >= 0.6 is 34.5 Å². The minimum atomic E-state index is -0.920. The van der Waals surface area contributed by atoms with Gasteiger partial charge < -0.3 is 19.3 Å². The number of aromatic nitrogens is 2. The number of hydrogen-bond acceptors (Lipinski definition) is 7. The lowest BCUT2D eigenvalue weighted by Gasteiger charge is -2.33. The molecule has 0 radical (unpaired) electrons. The number of nitrogens with zero attached hydrogens (tertiary/aromatic N) is 3. The molecule has 2 bridgehead atoms. The number of piperidine rings is 1. The van der Waals surface area contributed by atoms with E-state index in [0.29, 0.717) is 45.3 Å². The first-order valence-corrected chi connectivity index (χ1v) is 14.0. The Morgan fingerprint density at radius 1 is 1.22 bits per heavy atom. The van der Waals surface area contributed by atoms with Gasteiger partial charge in [0.15, 0.2) is 0 Å². The summed E-state index contributed by atoms with van der Waals surface area (Å²) in [5.74, 6) is 0.686. The number of halogens is 2. The van der Waals surface area contributed by atoms with Crippen LogP contribution < -0.4 is 4.90 Å². The lowest BCUT2D eigenvalue weighted by atomic mass is 10.0. The van der Waals surface area contributed by atoms with Crippen LogP contribution in [0.25, 0.3) is 21.5 Å². The van der Waals surface area contributed by atoms with Crippen molar-refractivity contribution in [3.8, 4) is 11.3 Å².